The van der Waals surface area contributed by atoms with E-state index in [1.165, 1.54) is 12.1 Å². The summed E-state index contributed by atoms with van der Waals surface area (Å²) in [7, 11) is 0. The summed E-state index contributed by atoms with van der Waals surface area (Å²) in [5.41, 5.74) is 6.71. The van der Waals surface area contributed by atoms with Crippen LogP contribution in [-0.4, -0.2) is 11.5 Å². The molecule has 1 aromatic rings. The maximum atomic E-state index is 10.5. The summed E-state index contributed by atoms with van der Waals surface area (Å²) in [6.45, 7) is 2.04. The first kappa shape index (κ1) is 10.2. The van der Waals surface area contributed by atoms with E-state index >= 15 is 0 Å². The zero-order valence-electron chi connectivity index (χ0n) is 7.78. The van der Waals surface area contributed by atoms with Crippen LogP contribution in [0.25, 0.3) is 0 Å². The van der Waals surface area contributed by atoms with E-state index in [2.05, 4.69) is 11.8 Å². The van der Waals surface area contributed by atoms with Gasteiger partial charge in [-0.05, 0) is 18.6 Å². The number of nitrogens with zero attached hydrogens (tertiary/aromatic N) is 1. The molecule has 0 aliphatic heterocycles. The van der Waals surface area contributed by atoms with Crippen LogP contribution in [0.1, 0.15) is 11.1 Å². The van der Waals surface area contributed by atoms with Gasteiger partial charge in [0.15, 0.2) is 0 Å². The van der Waals surface area contributed by atoms with Gasteiger partial charge in [-0.1, -0.05) is 11.8 Å². The molecule has 1 aromatic carbocycles. The second-order valence-electron chi connectivity index (χ2n) is 2.82. The van der Waals surface area contributed by atoms with Crippen LogP contribution < -0.4 is 5.73 Å². The Kier molecular flexibility index (Phi) is 3.21. The maximum absolute atomic E-state index is 10.5. The Morgan fingerprint density at radius 2 is 2.21 bits per heavy atom. The van der Waals surface area contributed by atoms with Crippen LogP contribution in [0.2, 0.25) is 0 Å². The molecule has 1 rings (SSSR count). The largest absolute Gasteiger partial charge is 0.320 e. The second kappa shape index (κ2) is 4.40. The number of nitro groups is 1. The van der Waals surface area contributed by atoms with Crippen LogP contribution in [0.3, 0.4) is 0 Å². The lowest BCUT2D eigenvalue weighted by atomic mass is 10.1. The molecule has 0 aliphatic carbocycles. The van der Waals surface area contributed by atoms with Crippen molar-refractivity contribution in [2.75, 3.05) is 6.54 Å². The summed E-state index contributed by atoms with van der Waals surface area (Å²) in [6.07, 6.45) is 0. The Bertz CT molecular complexity index is 416. The van der Waals surface area contributed by atoms with Crippen LogP contribution in [0.15, 0.2) is 18.2 Å². The van der Waals surface area contributed by atoms with Crippen molar-refractivity contribution < 1.29 is 4.92 Å². The number of non-ortho nitro benzene ring substituents is 1. The monoisotopic (exact) mass is 190 g/mol. The first-order valence-electron chi connectivity index (χ1n) is 4.08. The molecule has 14 heavy (non-hydrogen) atoms. The fourth-order valence-corrected chi connectivity index (χ4v) is 1.09. The van der Waals surface area contributed by atoms with Gasteiger partial charge in [0.2, 0.25) is 0 Å². The SMILES string of the molecule is Cc1cc(C#CCN)cc([N+](=O)[O-])c1. The zero-order chi connectivity index (χ0) is 10.6. The van der Waals surface area contributed by atoms with Gasteiger partial charge in [-0.15, -0.1) is 0 Å². The molecule has 0 saturated heterocycles. The Morgan fingerprint density at radius 1 is 1.50 bits per heavy atom. The first-order chi connectivity index (χ1) is 6.63. The normalized spacial score (nSPS) is 9.00. The van der Waals surface area contributed by atoms with Crippen molar-refractivity contribution >= 4 is 5.69 Å². The summed E-state index contributed by atoms with van der Waals surface area (Å²) in [6, 6.07) is 4.74. The molecule has 2 N–H and O–H groups in total. The van der Waals surface area contributed by atoms with E-state index in [1.807, 2.05) is 0 Å². The summed E-state index contributed by atoms with van der Waals surface area (Å²) in [5.74, 6) is 5.41. The average molecular weight is 190 g/mol. The van der Waals surface area contributed by atoms with Gasteiger partial charge in [-0.2, -0.15) is 0 Å². The standard InChI is InChI=1S/C10H10N2O2/c1-8-5-9(3-2-4-11)7-10(6-8)12(13)14/h5-7H,4,11H2,1H3. The van der Waals surface area contributed by atoms with Crippen molar-refractivity contribution in [1.82, 2.24) is 0 Å². The fraction of sp³-hybridized carbons (Fsp3) is 0.200. The van der Waals surface area contributed by atoms with E-state index < -0.39 is 4.92 Å². The highest BCUT2D eigenvalue weighted by atomic mass is 16.6. The van der Waals surface area contributed by atoms with E-state index in [-0.39, 0.29) is 12.2 Å². The number of nitrogens with two attached hydrogens (primary N) is 1. The van der Waals surface area contributed by atoms with Gasteiger partial charge >= 0.3 is 0 Å². The number of benzene rings is 1. The molecule has 0 heterocycles. The first-order valence-corrected chi connectivity index (χ1v) is 4.08. The maximum Gasteiger partial charge on any atom is 0.270 e. The molecule has 0 aliphatic rings. The molecule has 4 heteroatoms. The lowest BCUT2D eigenvalue weighted by molar-refractivity contribution is -0.384. The molecule has 0 bridgehead atoms. The van der Waals surface area contributed by atoms with Crippen LogP contribution in [0.5, 0.6) is 0 Å². The number of hydrogen-bond donors (Lipinski definition) is 1. The predicted octanol–water partition coefficient (Wildman–Crippen LogP) is 1.21. The van der Waals surface area contributed by atoms with Crippen molar-refractivity contribution in [1.29, 1.82) is 0 Å². The van der Waals surface area contributed by atoms with Crippen molar-refractivity contribution in [3.05, 3.63) is 39.4 Å². The molecular formula is C10H10N2O2. The lowest BCUT2D eigenvalue weighted by Crippen LogP contribution is -1.94. The Labute approximate surface area is 81.9 Å². The summed E-state index contributed by atoms with van der Waals surface area (Å²) < 4.78 is 0. The minimum atomic E-state index is -0.430. The van der Waals surface area contributed by atoms with Crippen LogP contribution >= 0.6 is 0 Å². The van der Waals surface area contributed by atoms with E-state index in [9.17, 15) is 10.1 Å². The summed E-state index contributed by atoms with van der Waals surface area (Å²) >= 11 is 0. The van der Waals surface area contributed by atoms with Crippen LogP contribution in [-0.2, 0) is 0 Å². The van der Waals surface area contributed by atoms with Crippen molar-refractivity contribution in [3.8, 4) is 11.8 Å². The number of hydrogen-bond acceptors (Lipinski definition) is 3. The molecule has 0 fully saturated rings. The molecule has 4 nitrogen and oxygen atoms in total. The third-order valence-electron chi connectivity index (χ3n) is 1.61. The van der Waals surface area contributed by atoms with Crippen LogP contribution in [0, 0.1) is 28.9 Å². The lowest BCUT2D eigenvalue weighted by Gasteiger charge is -1.95. The van der Waals surface area contributed by atoms with Crippen molar-refractivity contribution in [2.45, 2.75) is 6.92 Å². The summed E-state index contributed by atoms with van der Waals surface area (Å²) in [5, 5.41) is 10.5. The third-order valence-corrected chi connectivity index (χ3v) is 1.61. The minimum absolute atomic E-state index is 0.0614. The molecule has 0 aromatic heterocycles. The van der Waals surface area contributed by atoms with Gasteiger partial charge < -0.3 is 5.73 Å². The number of aryl methyl sites for hydroxylation is 1. The third kappa shape index (κ3) is 2.57. The molecule has 0 amide bonds. The van der Waals surface area contributed by atoms with Gasteiger partial charge in [0.05, 0.1) is 11.5 Å². The molecule has 0 atom stereocenters. The van der Waals surface area contributed by atoms with E-state index in [0.717, 1.165) is 5.56 Å². The highest BCUT2D eigenvalue weighted by Gasteiger charge is 2.06. The van der Waals surface area contributed by atoms with Crippen molar-refractivity contribution in [2.24, 2.45) is 5.73 Å². The Balaban J connectivity index is 3.13. The van der Waals surface area contributed by atoms with Gasteiger partial charge in [0, 0.05) is 17.7 Å². The van der Waals surface area contributed by atoms with Gasteiger partial charge in [-0.25, -0.2) is 0 Å². The van der Waals surface area contributed by atoms with E-state index in [0.29, 0.717) is 5.56 Å². The molecule has 72 valence electrons. The quantitative estimate of drug-likeness (QED) is 0.411. The van der Waals surface area contributed by atoms with Gasteiger partial charge in [0.1, 0.15) is 0 Å². The molecule has 0 radical (unpaired) electrons. The van der Waals surface area contributed by atoms with E-state index in [4.69, 9.17) is 5.73 Å². The molecule has 0 unspecified atom stereocenters. The summed E-state index contributed by atoms with van der Waals surface area (Å²) in [4.78, 5) is 10.1. The average Bonchev–Trinajstić information content (AvgIpc) is 2.14. The number of nitro benzene ring substituents is 1. The molecule has 0 spiro atoms. The van der Waals surface area contributed by atoms with Crippen LogP contribution in [0.4, 0.5) is 5.69 Å². The highest BCUT2D eigenvalue weighted by Crippen LogP contribution is 2.15. The Morgan fingerprint density at radius 3 is 2.79 bits per heavy atom. The minimum Gasteiger partial charge on any atom is -0.320 e. The smallest absolute Gasteiger partial charge is 0.270 e. The number of rotatable bonds is 1. The Hall–Kier alpha value is -1.86. The second-order valence-corrected chi connectivity index (χ2v) is 2.82. The zero-order valence-corrected chi connectivity index (χ0v) is 7.78. The predicted molar refractivity (Wildman–Crippen MR) is 53.8 cm³/mol. The van der Waals surface area contributed by atoms with Gasteiger partial charge in [-0.3, -0.25) is 10.1 Å². The fourth-order valence-electron chi connectivity index (χ4n) is 1.09. The van der Waals surface area contributed by atoms with E-state index in [1.54, 1.807) is 13.0 Å². The van der Waals surface area contributed by atoms with Crippen molar-refractivity contribution in [3.63, 3.8) is 0 Å². The molecular weight excluding hydrogens is 180 g/mol. The highest BCUT2D eigenvalue weighted by molar-refractivity contribution is 5.46. The van der Waals surface area contributed by atoms with Gasteiger partial charge in [0.25, 0.3) is 5.69 Å². The molecule has 0 saturated carbocycles. The topological polar surface area (TPSA) is 69.2 Å².